The van der Waals surface area contributed by atoms with Gasteiger partial charge in [0.05, 0.1) is 6.10 Å². The number of thioether (sulfide) groups is 1. The van der Waals surface area contributed by atoms with Gasteiger partial charge in [0.25, 0.3) is 0 Å². The smallest absolute Gasteiger partial charge is 0.303 e. The average Bonchev–Trinajstić information content (AvgIpc) is 2.27. The lowest BCUT2D eigenvalue weighted by molar-refractivity contribution is -0.174. The maximum absolute atomic E-state index is 11.2. The number of ether oxygens (including phenoxy) is 2. The van der Waals surface area contributed by atoms with Crippen LogP contribution in [-0.4, -0.2) is 35.9 Å². The van der Waals surface area contributed by atoms with Crippen LogP contribution in [-0.2, 0) is 14.3 Å². The number of hydrogen-bond donors (Lipinski definition) is 1. The van der Waals surface area contributed by atoms with Gasteiger partial charge in [-0.2, -0.15) is 0 Å². The number of carbonyl (C=O) groups excluding carboxylic acids is 1. The quantitative estimate of drug-likeness (QED) is 0.779. The first-order valence-corrected chi connectivity index (χ1v) is 7.16. The Kier molecular flexibility index (Phi) is 5.76. The van der Waals surface area contributed by atoms with E-state index in [0.29, 0.717) is 18.4 Å². The van der Waals surface area contributed by atoms with Gasteiger partial charge < -0.3 is 15.2 Å². The van der Waals surface area contributed by atoms with Crippen LogP contribution in [0.3, 0.4) is 0 Å². The van der Waals surface area contributed by atoms with Crippen LogP contribution in [0.2, 0.25) is 0 Å². The summed E-state index contributed by atoms with van der Waals surface area (Å²) < 4.78 is 11.3. The molecule has 0 aromatic heterocycles. The van der Waals surface area contributed by atoms with Crippen molar-refractivity contribution in [3.05, 3.63) is 0 Å². The van der Waals surface area contributed by atoms with E-state index in [9.17, 15) is 4.79 Å². The molecule has 1 aliphatic heterocycles. The zero-order valence-electron chi connectivity index (χ0n) is 11.0. The van der Waals surface area contributed by atoms with Gasteiger partial charge in [-0.05, 0) is 12.8 Å². The van der Waals surface area contributed by atoms with Crippen molar-refractivity contribution in [3.8, 4) is 0 Å². The summed E-state index contributed by atoms with van der Waals surface area (Å²) in [6.07, 6.45) is 0.0160. The van der Waals surface area contributed by atoms with Crippen LogP contribution in [0.15, 0.2) is 0 Å². The summed E-state index contributed by atoms with van der Waals surface area (Å²) in [5.41, 5.74) is 5.41. The molecule has 5 unspecified atom stereocenters. The number of hydrogen-bond acceptors (Lipinski definition) is 5. The van der Waals surface area contributed by atoms with Crippen molar-refractivity contribution < 1.29 is 14.3 Å². The second-order valence-corrected chi connectivity index (χ2v) is 5.87. The molecule has 100 valence electrons. The highest BCUT2D eigenvalue weighted by Crippen LogP contribution is 2.36. The number of carbonyl (C=O) groups is 1. The first-order chi connectivity index (χ1) is 7.97. The number of esters is 1. The highest BCUT2D eigenvalue weighted by Gasteiger charge is 2.41. The fourth-order valence-corrected chi connectivity index (χ4v) is 3.18. The van der Waals surface area contributed by atoms with Crippen molar-refractivity contribution in [3.63, 3.8) is 0 Å². The summed E-state index contributed by atoms with van der Waals surface area (Å²) in [6, 6.07) is 0. The van der Waals surface area contributed by atoms with Gasteiger partial charge in [-0.25, -0.2) is 0 Å². The van der Waals surface area contributed by atoms with Gasteiger partial charge in [0.15, 0.2) is 0 Å². The lowest BCUT2D eigenvalue weighted by atomic mass is 9.85. The molecule has 0 aliphatic carbocycles. The van der Waals surface area contributed by atoms with E-state index < -0.39 is 0 Å². The summed E-state index contributed by atoms with van der Waals surface area (Å²) in [5.74, 6) is 1.26. The predicted molar refractivity (Wildman–Crippen MR) is 69.7 cm³/mol. The normalized spacial score (nSPS) is 37.8. The van der Waals surface area contributed by atoms with Gasteiger partial charge >= 0.3 is 5.97 Å². The van der Waals surface area contributed by atoms with Crippen molar-refractivity contribution in [2.45, 2.75) is 45.3 Å². The number of rotatable bonds is 4. The lowest BCUT2D eigenvalue weighted by Gasteiger charge is -2.42. The van der Waals surface area contributed by atoms with Crippen LogP contribution < -0.4 is 5.73 Å². The topological polar surface area (TPSA) is 61.5 Å². The number of nitrogens with two attached hydrogens (primary N) is 1. The van der Waals surface area contributed by atoms with Crippen molar-refractivity contribution in [2.75, 3.05) is 12.3 Å². The van der Waals surface area contributed by atoms with Crippen molar-refractivity contribution in [1.29, 1.82) is 0 Å². The molecule has 17 heavy (non-hydrogen) atoms. The Labute approximate surface area is 108 Å². The van der Waals surface area contributed by atoms with Gasteiger partial charge in [-0.15, -0.1) is 11.8 Å². The van der Waals surface area contributed by atoms with Crippen molar-refractivity contribution in [1.82, 2.24) is 0 Å². The fraction of sp³-hybridized carbons (Fsp3) is 0.917. The third-order valence-corrected chi connectivity index (χ3v) is 4.59. The summed E-state index contributed by atoms with van der Waals surface area (Å²) in [6.45, 7) is 8.37. The first kappa shape index (κ1) is 14.8. The second-order valence-electron chi connectivity index (χ2n) is 4.66. The van der Waals surface area contributed by atoms with E-state index in [4.69, 9.17) is 15.2 Å². The Bertz CT molecular complexity index is 262. The van der Waals surface area contributed by atoms with E-state index in [1.54, 1.807) is 11.8 Å². The molecule has 1 rings (SSSR count). The molecule has 5 heteroatoms. The molecule has 0 aromatic carbocycles. The Morgan fingerprint density at radius 2 is 2.00 bits per heavy atom. The van der Waals surface area contributed by atoms with Gasteiger partial charge in [0.1, 0.15) is 11.5 Å². The molecule has 1 heterocycles. The molecule has 0 amide bonds. The van der Waals surface area contributed by atoms with E-state index in [2.05, 4.69) is 20.8 Å². The average molecular weight is 261 g/mol. The van der Waals surface area contributed by atoms with E-state index in [1.165, 1.54) is 6.92 Å². The molecule has 5 atom stereocenters. The molecular weight excluding hydrogens is 238 g/mol. The van der Waals surface area contributed by atoms with E-state index >= 15 is 0 Å². The summed E-state index contributed by atoms with van der Waals surface area (Å²) in [7, 11) is 0. The summed E-state index contributed by atoms with van der Waals surface area (Å²) in [5, 5.41) is 0. The van der Waals surface area contributed by atoms with Gasteiger partial charge in [0, 0.05) is 25.1 Å². The standard InChI is InChI=1S/C12H23NO3S/c1-7-8(2)11(16-10(4)14)12(15-9(7)3)17-6-5-13/h7-9,11-12H,5-6,13H2,1-4H3. The maximum Gasteiger partial charge on any atom is 0.303 e. The van der Waals surface area contributed by atoms with E-state index in [1.807, 2.05) is 0 Å². The van der Waals surface area contributed by atoms with Crippen LogP contribution in [0.1, 0.15) is 27.7 Å². The molecule has 0 spiro atoms. The minimum absolute atomic E-state index is 0.0938. The molecule has 1 aliphatic rings. The van der Waals surface area contributed by atoms with Crippen LogP contribution in [0.25, 0.3) is 0 Å². The van der Waals surface area contributed by atoms with Crippen molar-refractivity contribution >= 4 is 17.7 Å². The minimum Gasteiger partial charge on any atom is -0.459 e. The first-order valence-electron chi connectivity index (χ1n) is 6.11. The molecule has 1 fully saturated rings. The van der Waals surface area contributed by atoms with Crippen LogP contribution in [0.5, 0.6) is 0 Å². The van der Waals surface area contributed by atoms with E-state index in [0.717, 1.165) is 5.75 Å². The highest BCUT2D eigenvalue weighted by atomic mass is 32.2. The second kappa shape index (κ2) is 6.61. The highest BCUT2D eigenvalue weighted by molar-refractivity contribution is 7.99. The molecule has 0 radical (unpaired) electrons. The zero-order chi connectivity index (χ0) is 13.0. The Balaban J connectivity index is 2.71. The molecule has 1 saturated heterocycles. The molecule has 2 N–H and O–H groups in total. The monoisotopic (exact) mass is 261 g/mol. The summed E-state index contributed by atoms with van der Waals surface area (Å²) in [4.78, 5) is 11.2. The molecule has 0 saturated carbocycles. The fourth-order valence-electron chi connectivity index (χ4n) is 2.06. The Morgan fingerprint density at radius 1 is 1.35 bits per heavy atom. The SMILES string of the molecule is CC(=O)OC1C(SCCN)OC(C)C(C)C1C. The summed E-state index contributed by atoms with van der Waals surface area (Å²) >= 11 is 1.63. The van der Waals surface area contributed by atoms with Gasteiger partial charge in [-0.1, -0.05) is 13.8 Å². The predicted octanol–water partition coefficient (Wildman–Crippen LogP) is 1.63. The third-order valence-electron chi connectivity index (χ3n) is 3.41. The van der Waals surface area contributed by atoms with Crippen LogP contribution in [0, 0.1) is 11.8 Å². The van der Waals surface area contributed by atoms with E-state index in [-0.39, 0.29) is 23.6 Å². The largest absolute Gasteiger partial charge is 0.459 e. The maximum atomic E-state index is 11.2. The van der Waals surface area contributed by atoms with Gasteiger partial charge in [-0.3, -0.25) is 4.79 Å². The molecule has 0 aromatic rings. The Hall–Kier alpha value is -0.260. The van der Waals surface area contributed by atoms with Crippen molar-refractivity contribution in [2.24, 2.45) is 17.6 Å². The molecular formula is C12H23NO3S. The third kappa shape index (κ3) is 3.86. The van der Waals surface area contributed by atoms with Gasteiger partial charge in [0.2, 0.25) is 0 Å². The Morgan fingerprint density at radius 3 is 2.53 bits per heavy atom. The minimum atomic E-state index is -0.245. The lowest BCUT2D eigenvalue weighted by Crippen LogP contribution is -2.48. The molecule has 4 nitrogen and oxygen atoms in total. The zero-order valence-corrected chi connectivity index (χ0v) is 11.8. The van der Waals surface area contributed by atoms with Crippen LogP contribution >= 0.6 is 11.8 Å². The molecule has 0 bridgehead atoms. The van der Waals surface area contributed by atoms with Crippen LogP contribution in [0.4, 0.5) is 0 Å².